The van der Waals surface area contributed by atoms with Gasteiger partial charge in [-0.05, 0) is 169 Å². The van der Waals surface area contributed by atoms with Crippen LogP contribution in [0, 0.1) is 0 Å². The van der Waals surface area contributed by atoms with Gasteiger partial charge in [0.2, 0.25) is 0 Å². The van der Waals surface area contributed by atoms with Crippen LogP contribution in [-0.2, 0) is 30.4 Å². The fourth-order valence-electron chi connectivity index (χ4n) is 10.9. The molecule has 7 N–H and O–H groups in total. The number of H-pyrrole nitrogens is 3. The van der Waals surface area contributed by atoms with Crippen LogP contribution in [0.1, 0.15) is 165 Å². The molecule has 77 heavy (non-hydrogen) atoms. The number of Topliss-reactive ketones (excluding diaryl/α,β-unsaturated/α-hetero) is 2. The smallest absolute Gasteiger partial charge is 0.419 e. The summed E-state index contributed by atoms with van der Waals surface area (Å²) in [5.74, 6) is 0.151. The van der Waals surface area contributed by atoms with Crippen molar-refractivity contribution in [3.05, 3.63) is 134 Å². The maximum atomic E-state index is 12.8. The number of hydrogen-bond acceptors (Lipinski definition) is 6. The Labute approximate surface area is 500 Å². The highest BCUT2D eigenvalue weighted by Crippen LogP contribution is 2.40. The minimum atomic E-state index is -0.662. The molecule has 0 saturated carbocycles. The maximum Gasteiger partial charge on any atom is 0.419 e. The first-order chi connectivity index (χ1) is 35.7. The number of ether oxygens (including phenoxy) is 1. The molecule has 0 radical (unpaired) electrons. The van der Waals surface area contributed by atoms with Gasteiger partial charge < -0.3 is 31.2 Å². The van der Waals surface area contributed by atoms with Crippen LogP contribution >= 0.6 is 118 Å². The van der Waals surface area contributed by atoms with Crippen molar-refractivity contribution >= 4 is 179 Å². The molecule has 0 amide bonds. The van der Waals surface area contributed by atoms with E-state index in [-0.39, 0.29) is 48.5 Å². The van der Waals surface area contributed by atoms with Gasteiger partial charge in [-0.25, -0.2) is 9.36 Å². The summed E-state index contributed by atoms with van der Waals surface area (Å²) in [6.45, 7) is 5.38. The molecule has 20 heteroatoms. The third-order valence-electron chi connectivity index (χ3n) is 14.4. The van der Waals surface area contributed by atoms with Crippen LogP contribution in [0.25, 0.3) is 43.6 Å². The third kappa shape index (κ3) is 13.2. The number of hydrogen-bond donors (Lipinski definition) is 5. The van der Waals surface area contributed by atoms with Crippen LogP contribution in [0.4, 0.5) is 4.79 Å². The summed E-state index contributed by atoms with van der Waals surface area (Å²) in [4.78, 5) is 47.4. The highest BCUT2D eigenvalue weighted by molar-refractivity contribution is 6.44. The summed E-state index contributed by atoms with van der Waals surface area (Å²) >= 11 is 48.6. The first-order valence-electron chi connectivity index (χ1n) is 25.5. The molecular weight excluding hydrogens is 1190 g/mol. The topological polar surface area (TPSA) is 165 Å². The van der Waals surface area contributed by atoms with Crippen molar-refractivity contribution in [3.63, 3.8) is 0 Å². The predicted molar refractivity (Wildman–Crippen MR) is 326 cm³/mol. The molecule has 412 valence electrons. The number of aryl methyl sites for hydroxylation is 4. The number of carbonyl (C=O) groups is 3. The maximum absolute atomic E-state index is 12.8. The molecule has 0 fully saturated rings. The van der Waals surface area contributed by atoms with Crippen molar-refractivity contribution in [1.29, 1.82) is 0 Å². The lowest BCUT2D eigenvalue weighted by Crippen LogP contribution is -2.29. The summed E-state index contributed by atoms with van der Waals surface area (Å²) < 4.78 is 6.88. The molecule has 0 spiro atoms. The largest absolute Gasteiger partial charge is 0.443 e. The second-order valence-electron chi connectivity index (χ2n) is 20.8. The number of halogens is 10. The van der Waals surface area contributed by atoms with E-state index in [9.17, 15) is 14.4 Å². The molecule has 0 bridgehead atoms. The number of aromatic amines is 3. The van der Waals surface area contributed by atoms with E-state index in [2.05, 4.69) is 15.0 Å². The first kappa shape index (κ1) is 61.3. The zero-order valence-electron chi connectivity index (χ0n) is 42.7. The molecule has 0 aliphatic heterocycles. The summed E-state index contributed by atoms with van der Waals surface area (Å²) in [6, 6.07) is 14.9. The molecule has 4 heterocycles. The lowest BCUT2D eigenvalue weighted by Gasteiger charge is -2.20. The Morgan fingerprint density at radius 1 is 0.494 bits per heavy atom. The highest BCUT2D eigenvalue weighted by atomic mass is 35.5. The predicted octanol–water partition coefficient (Wildman–Crippen LogP) is 19.3. The van der Waals surface area contributed by atoms with Gasteiger partial charge in [-0.3, -0.25) is 9.59 Å². The van der Waals surface area contributed by atoms with E-state index >= 15 is 0 Å². The Kier molecular flexibility index (Phi) is 20.4. The number of nitrogens with zero attached hydrogens (tertiary/aromatic N) is 1. The Bertz CT molecular complexity index is 3430. The van der Waals surface area contributed by atoms with Crippen LogP contribution in [-0.4, -0.2) is 42.8 Å². The molecule has 0 saturated heterocycles. The fraction of sp³-hybridized carbons (Fsp3) is 0.386. The van der Waals surface area contributed by atoms with Gasteiger partial charge in [-0.1, -0.05) is 106 Å². The fourth-order valence-corrected chi connectivity index (χ4v) is 12.2. The van der Waals surface area contributed by atoms with E-state index < -0.39 is 11.7 Å². The summed E-state index contributed by atoms with van der Waals surface area (Å²) in [6.07, 6.45) is 14.8. The number of nitrogens with one attached hydrogen (secondary N) is 3. The lowest BCUT2D eigenvalue weighted by atomic mass is 10.1. The molecule has 10 nitrogen and oxygen atoms in total. The molecule has 2 unspecified atom stereocenters. The Morgan fingerprint density at radius 2 is 0.857 bits per heavy atom. The van der Waals surface area contributed by atoms with Crippen molar-refractivity contribution in [2.45, 2.75) is 141 Å². The van der Waals surface area contributed by atoms with Crippen molar-refractivity contribution < 1.29 is 19.1 Å². The van der Waals surface area contributed by atoms with Crippen molar-refractivity contribution in [3.8, 4) is 0 Å². The van der Waals surface area contributed by atoms with Crippen LogP contribution in [0.5, 0.6) is 0 Å². The van der Waals surface area contributed by atoms with Gasteiger partial charge >= 0.3 is 6.09 Å². The van der Waals surface area contributed by atoms with E-state index in [0.29, 0.717) is 64.2 Å². The molecule has 2 atom stereocenters. The Hall–Kier alpha value is -3.33. The molecule has 4 aromatic heterocycles. The minimum absolute atomic E-state index is 0. The zero-order valence-corrected chi connectivity index (χ0v) is 50.3. The number of fused-ring (bicyclic) bond motifs is 12. The molecule has 4 aliphatic carbocycles. The van der Waals surface area contributed by atoms with E-state index in [4.69, 9.17) is 109 Å². The molecular formula is C57H60Cl10N6O4. The third-order valence-corrected chi connectivity index (χ3v) is 17.3. The Balaban J connectivity index is 0.000000149. The number of nitrogens with two attached hydrogens (primary N) is 2. The minimum Gasteiger partial charge on any atom is -0.443 e. The first-order valence-corrected chi connectivity index (χ1v) is 28.5. The summed E-state index contributed by atoms with van der Waals surface area (Å²) in [5, 5.41) is 8.37. The summed E-state index contributed by atoms with van der Waals surface area (Å²) in [7, 11) is 0. The average Bonchev–Trinajstić information content (AvgIpc) is 3.95. The zero-order chi connectivity index (χ0) is 53.6. The van der Waals surface area contributed by atoms with Gasteiger partial charge in [0, 0.05) is 74.4 Å². The van der Waals surface area contributed by atoms with Crippen molar-refractivity contribution in [2.24, 2.45) is 11.5 Å². The lowest BCUT2D eigenvalue weighted by molar-refractivity contribution is 0.0535. The van der Waals surface area contributed by atoms with E-state index in [1.54, 1.807) is 39.0 Å². The van der Waals surface area contributed by atoms with Crippen LogP contribution < -0.4 is 11.5 Å². The monoisotopic (exact) mass is 1240 g/mol. The highest BCUT2D eigenvalue weighted by Gasteiger charge is 2.31. The van der Waals surface area contributed by atoms with E-state index in [0.717, 1.165) is 120 Å². The van der Waals surface area contributed by atoms with E-state index in [1.165, 1.54) is 52.1 Å². The number of aromatic nitrogens is 4. The van der Waals surface area contributed by atoms with E-state index in [1.807, 2.05) is 30.3 Å². The number of carbonyl (C=O) groups excluding carboxylic acids is 3. The van der Waals surface area contributed by atoms with Gasteiger partial charge in [0.25, 0.3) is 0 Å². The number of benzene rings is 4. The standard InChI is InChI=1S/C18H19Cl2NO3.2C13H14Cl2N2.C13H11Cl2NO.2ClH/c1-18(2,3)24-17(23)21-14-9-13(20)12(19)8-11(14)10-6-4-5-7-15(22)16(10)21;2*14-9-5-8-7-3-1-2-4-11(16)13(7)17-12(8)6-10(9)15;14-9-5-8-7-3-1-2-4-12(17)13(7)16-11(8)6-10(9)15;;/h8-9H,4-7H2,1-3H3;2*5-6,11,17H,1-4,16H2;5-6,16H,1-4H2;2*1H. The number of rotatable bonds is 0. The molecule has 8 aromatic rings. The van der Waals surface area contributed by atoms with Gasteiger partial charge in [0.05, 0.1) is 57.1 Å². The second kappa shape index (κ2) is 25.6. The SMILES string of the molecule is CC(C)(C)OC(=O)n1c2c(c3cc(Cl)c(Cl)cc31)CCCCC2=O.Cl.Cl.NC1CCCCc2c1[nH]c1cc(Cl)c(Cl)cc21.NC1CCCCc2c1[nH]c1cc(Cl)c(Cl)cc21.O=C1CCCCc2c1[nH]c1cc(Cl)c(Cl)cc21. The van der Waals surface area contributed by atoms with Gasteiger partial charge in [-0.15, -0.1) is 24.8 Å². The van der Waals surface area contributed by atoms with Gasteiger partial charge in [-0.2, -0.15) is 0 Å². The second-order valence-corrected chi connectivity index (χ2v) is 24.1. The normalized spacial score (nSPS) is 17.3. The van der Waals surface area contributed by atoms with Gasteiger partial charge in [0.1, 0.15) is 5.60 Å². The average molecular weight is 1250 g/mol. The van der Waals surface area contributed by atoms with Crippen molar-refractivity contribution in [2.75, 3.05) is 0 Å². The van der Waals surface area contributed by atoms with Gasteiger partial charge in [0.15, 0.2) is 11.6 Å². The number of ketones is 2. The van der Waals surface area contributed by atoms with Crippen molar-refractivity contribution in [1.82, 2.24) is 19.5 Å². The molecule has 12 rings (SSSR count). The Morgan fingerprint density at radius 3 is 1.34 bits per heavy atom. The molecule has 4 aliphatic rings. The quantitative estimate of drug-likeness (QED) is 0.0949. The van der Waals surface area contributed by atoms with Crippen LogP contribution in [0.2, 0.25) is 40.2 Å². The van der Waals surface area contributed by atoms with Crippen LogP contribution in [0.15, 0.2) is 48.5 Å². The van der Waals surface area contributed by atoms with Crippen LogP contribution in [0.3, 0.4) is 0 Å². The molecule has 4 aromatic carbocycles. The summed E-state index contributed by atoms with van der Waals surface area (Å²) in [5.41, 5.74) is 23.4.